The van der Waals surface area contributed by atoms with Crippen LogP contribution in [0.15, 0.2) is 63.9 Å². The highest BCUT2D eigenvalue weighted by molar-refractivity contribution is 6.09. The van der Waals surface area contributed by atoms with Crippen LogP contribution in [-0.4, -0.2) is 16.0 Å². The topological polar surface area (TPSA) is 92.4 Å². The standard InChI is InChI=1S/C20H11F3N2O4.2CH4/c21-20(22,23)14-9-16(26)29-15-8-11(4-6-12(14)15)25-19(28)13-5-3-10-2-1-7-24-17(10)18(13)27;;/h1-9,27H,(H,25,28);2*1H4. The van der Waals surface area contributed by atoms with Crippen LogP contribution >= 0.6 is 0 Å². The Morgan fingerprint density at radius 3 is 2.52 bits per heavy atom. The zero-order valence-electron chi connectivity index (χ0n) is 14.4. The summed E-state index contributed by atoms with van der Waals surface area (Å²) in [7, 11) is 0. The Labute approximate surface area is 175 Å². The molecule has 0 atom stereocenters. The van der Waals surface area contributed by atoms with Crippen molar-refractivity contribution >= 4 is 33.5 Å². The van der Waals surface area contributed by atoms with E-state index in [4.69, 9.17) is 4.42 Å². The van der Waals surface area contributed by atoms with Crippen molar-refractivity contribution in [1.82, 2.24) is 4.98 Å². The van der Waals surface area contributed by atoms with Crippen LogP contribution in [0.1, 0.15) is 30.8 Å². The molecule has 2 N–H and O–H groups in total. The number of hydrogen-bond donors (Lipinski definition) is 2. The molecule has 2 heterocycles. The largest absolute Gasteiger partial charge is 0.505 e. The van der Waals surface area contributed by atoms with E-state index in [2.05, 4.69) is 10.3 Å². The first kappa shape index (κ1) is 23.4. The van der Waals surface area contributed by atoms with Crippen molar-refractivity contribution in [1.29, 1.82) is 0 Å². The molecule has 2 aromatic heterocycles. The van der Waals surface area contributed by atoms with E-state index in [9.17, 15) is 27.9 Å². The Balaban J connectivity index is 0.00000171. The second-order valence-corrected chi connectivity index (χ2v) is 6.18. The molecule has 4 aromatic rings. The number of aromatic nitrogens is 1. The molecule has 0 fully saturated rings. The molecule has 162 valence electrons. The van der Waals surface area contributed by atoms with Gasteiger partial charge in [-0.15, -0.1) is 0 Å². The van der Waals surface area contributed by atoms with E-state index in [0.717, 1.165) is 12.1 Å². The van der Waals surface area contributed by atoms with Gasteiger partial charge in [-0.3, -0.25) is 9.78 Å². The van der Waals surface area contributed by atoms with E-state index in [0.29, 0.717) is 11.5 Å². The van der Waals surface area contributed by atoms with E-state index < -0.39 is 23.3 Å². The monoisotopic (exact) mass is 432 g/mol. The molecule has 0 unspecified atom stereocenters. The highest BCUT2D eigenvalue weighted by atomic mass is 19.4. The van der Waals surface area contributed by atoms with Gasteiger partial charge in [0.1, 0.15) is 11.1 Å². The summed E-state index contributed by atoms with van der Waals surface area (Å²) in [6, 6.07) is 10.2. The fraction of sp³-hybridized carbons (Fsp3) is 0.136. The number of alkyl halides is 3. The van der Waals surface area contributed by atoms with Gasteiger partial charge in [0.2, 0.25) is 0 Å². The van der Waals surface area contributed by atoms with Crippen LogP contribution in [0.4, 0.5) is 18.9 Å². The van der Waals surface area contributed by atoms with Crippen LogP contribution in [-0.2, 0) is 6.18 Å². The zero-order chi connectivity index (χ0) is 20.8. The van der Waals surface area contributed by atoms with Gasteiger partial charge in [-0.25, -0.2) is 4.79 Å². The highest BCUT2D eigenvalue weighted by Crippen LogP contribution is 2.35. The fourth-order valence-corrected chi connectivity index (χ4v) is 2.99. The first-order chi connectivity index (χ1) is 13.7. The van der Waals surface area contributed by atoms with Gasteiger partial charge >= 0.3 is 11.8 Å². The van der Waals surface area contributed by atoms with Crippen molar-refractivity contribution in [2.75, 3.05) is 5.32 Å². The molecule has 0 bridgehead atoms. The minimum atomic E-state index is -4.73. The summed E-state index contributed by atoms with van der Waals surface area (Å²) in [5.41, 5.74) is -2.36. The van der Waals surface area contributed by atoms with Gasteiger partial charge in [-0.1, -0.05) is 27.0 Å². The number of phenols is 1. The van der Waals surface area contributed by atoms with Crippen molar-refractivity contribution in [3.63, 3.8) is 0 Å². The van der Waals surface area contributed by atoms with E-state index in [-0.39, 0.29) is 48.3 Å². The maximum Gasteiger partial charge on any atom is 0.417 e. The Hall–Kier alpha value is -3.88. The van der Waals surface area contributed by atoms with Gasteiger partial charge in [-0.2, -0.15) is 13.2 Å². The van der Waals surface area contributed by atoms with E-state index in [1.807, 2.05) is 0 Å². The molecule has 0 radical (unpaired) electrons. The van der Waals surface area contributed by atoms with Gasteiger partial charge < -0.3 is 14.8 Å². The van der Waals surface area contributed by atoms with E-state index in [1.165, 1.54) is 18.3 Å². The summed E-state index contributed by atoms with van der Waals surface area (Å²) in [5, 5.41) is 13.1. The lowest BCUT2D eigenvalue weighted by atomic mass is 10.1. The number of hydrogen-bond acceptors (Lipinski definition) is 5. The zero-order valence-corrected chi connectivity index (χ0v) is 14.4. The predicted molar refractivity (Wildman–Crippen MR) is 112 cm³/mol. The number of anilines is 1. The number of nitrogens with one attached hydrogen (secondary N) is 1. The second kappa shape index (κ2) is 8.47. The lowest BCUT2D eigenvalue weighted by Crippen LogP contribution is -2.13. The average Bonchev–Trinajstić information content (AvgIpc) is 2.66. The van der Waals surface area contributed by atoms with Gasteiger partial charge in [0.25, 0.3) is 5.91 Å². The van der Waals surface area contributed by atoms with Gasteiger partial charge in [0.15, 0.2) is 5.75 Å². The molecule has 31 heavy (non-hydrogen) atoms. The Morgan fingerprint density at radius 1 is 1.06 bits per heavy atom. The van der Waals surface area contributed by atoms with Crippen molar-refractivity contribution in [3.05, 3.63) is 76.3 Å². The highest BCUT2D eigenvalue weighted by Gasteiger charge is 2.33. The molecule has 0 saturated carbocycles. The first-order valence-electron chi connectivity index (χ1n) is 8.27. The maximum absolute atomic E-state index is 13.1. The van der Waals surface area contributed by atoms with E-state index >= 15 is 0 Å². The predicted octanol–water partition coefficient (Wildman–Crippen LogP) is 5.59. The van der Waals surface area contributed by atoms with Gasteiger partial charge in [0.05, 0.1) is 11.1 Å². The van der Waals surface area contributed by atoms with Crippen molar-refractivity contribution in [3.8, 4) is 5.75 Å². The fourth-order valence-electron chi connectivity index (χ4n) is 2.99. The van der Waals surface area contributed by atoms with Gasteiger partial charge in [-0.05, 0) is 24.3 Å². The summed E-state index contributed by atoms with van der Waals surface area (Å²) in [5.74, 6) is -1.03. The molecule has 0 aliphatic heterocycles. The third kappa shape index (κ3) is 4.35. The summed E-state index contributed by atoms with van der Waals surface area (Å²) in [4.78, 5) is 28.0. The lowest BCUT2D eigenvalue weighted by molar-refractivity contribution is -0.136. The molecule has 0 aliphatic carbocycles. The number of aromatic hydroxyl groups is 1. The number of rotatable bonds is 2. The van der Waals surface area contributed by atoms with Crippen molar-refractivity contribution in [2.45, 2.75) is 21.0 Å². The Bertz CT molecular complexity index is 1330. The number of phenolic OH excluding ortho intramolecular Hbond substituents is 1. The molecule has 0 aliphatic rings. The molecule has 6 nitrogen and oxygen atoms in total. The number of carbonyl (C=O) groups excluding carboxylic acids is 1. The smallest absolute Gasteiger partial charge is 0.417 e. The molecule has 2 aromatic carbocycles. The Kier molecular flexibility index (Phi) is 6.39. The minimum absolute atomic E-state index is 0. The van der Waals surface area contributed by atoms with Crippen molar-refractivity contribution < 1.29 is 27.5 Å². The van der Waals surface area contributed by atoms with Crippen LogP contribution in [0.5, 0.6) is 5.75 Å². The van der Waals surface area contributed by atoms with Crippen LogP contribution in [0, 0.1) is 0 Å². The van der Waals surface area contributed by atoms with Crippen LogP contribution in [0.25, 0.3) is 21.9 Å². The summed E-state index contributed by atoms with van der Waals surface area (Å²) >= 11 is 0. The van der Waals surface area contributed by atoms with Crippen molar-refractivity contribution in [2.24, 2.45) is 0 Å². The molecule has 0 saturated heterocycles. The molecule has 9 heteroatoms. The van der Waals surface area contributed by atoms with Crippen LogP contribution in [0.2, 0.25) is 0 Å². The van der Waals surface area contributed by atoms with Crippen LogP contribution in [0.3, 0.4) is 0 Å². The number of pyridine rings is 1. The number of carbonyl (C=O) groups is 1. The number of halogens is 3. The summed E-state index contributed by atoms with van der Waals surface area (Å²) in [6.45, 7) is 0. The third-order valence-electron chi connectivity index (χ3n) is 4.30. The number of nitrogens with zero attached hydrogens (tertiary/aromatic N) is 1. The SMILES string of the molecule is C.C.O=C(Nc1ccc2c(C(F)(F)F)cc(=O)oc2c1)c1ccc2cccnc2c1O. The second-order valence-electron chi connectivity index (χ2n) is 6.18. The summed E-state index contributed by atoms with van der Waals surface area (Å²) < 4.78 is 44.2. The number of fused-ring (bicyclic) bond motifs is 2. The lowest BCUT2D eigenvalue weighted by Gasteiger charge is -2.11. The Morgan fingerprint density at radius 2 is 1.81 bits per heavy atom. The van der Waals surface area contributed by atoms with Crippen LogP contribution < -0.4 is 10.9 Å². The molecule has 0 spiro atoms. The maximum atomic E-state index is 13.1. The first-order valence-corrected chi connectivity index (χ1v) is 8.27. The quantitative estimate of drug-likeness (QED) is 0.403. The minimum Gasteiger partial charge on any atom is -0.505 e. The third-order valence-corrected chi connectivity index (χ3v) is 4.30. The normalized spacial score (nSPS) is 10.9. The molecular weight excluding hydrogens is 413 g/mol. The van der Waals surface area contributed by atoms with Gasteiger partial charge in [0, 0.05) is 34.8 Å². The number of amides is 1. The molecule has 4 rings (SSSR count). The molecule has 1 amide bonds. The van der Waals surface area contributed by atoms with E-state index in [1.54, 1.807) is 18.2 Å². The molecular formula is C22H19F3N2O4. The number of benzene rings is 2. The summed E-state index contributed by atoms with van der Waals surface area (Å²) in [6.07, 6.45) is -3.27. The average molecular weight is 432 g/mol.